The molecule has 3 N–H and O–H groups in total. The van der Waals surface area contributed by atoms with Crippen LogP contribution in [0.2, 0.25) is 0 Å². The minimum Gasteiger partial charge on any atom is -0.353 e. The highest BCUT2D eigenvalue weighted by Crippen LogP contribution is 2.33. The summed E-state index contributed by atoms with van der Waals surface area (Å²) in [6, 6.07) is 13.1. The summed E-state index contributed by atoms with van der Waals surface area (Å²) < 4.78 is 31.6. The molecule has 0 saturated carbocycles. The van der Waals surface area contributed by atoms with Gasteiger partial charge in [0.15, 0.2) is 0 Å². The van der Waals surface area contributed by atoms with Crippen LogP contribution in [0.4, 0.5) is 19.9 Å². The third kappa shape index (κ3) is 6.26. The maximum atomic E-state index is 13.6. The summed E-state index contributed by atoms with van der Waals surface area (Å²) in [6.07, 6.45) is 0.978. The second kappa shape index (κ2) is 10.6. The van der Waals surface area contributed by atoms with Crippen molar-refractivity contribution in [2.45, 2.75) is 44.9 Å². The number of aromatic nitrogens is 2. The monoisotopic (exact) mass is 473 g/mol. The first-order chi connectivity index (χ1) is 15.7. The van der Waals surface area contributed by atoms with Crippen molar-refractivity contribution in [3.05, 3.63) is 71.3 Å². The van der Waals surface area contributed by atoms with Crippen LogP contribution in [0.1, 0.15) is 45.2 Å². The Morgan fingerprint density at radius 1 is 0.939 bits per heavy atom. The molecule has 5 nitrogen and oxygen atoms in total. The standard InChI is InChI=1S/C25H33F2N5S/c1-5-14-29-22-30-23(33-31-22)32(16-24(2,3)18-6-10-20(26)11-7-18)17-25(4,15-28)19-8-12-21(27)13-9-19/h6-13H,5,14-17,28H2,1-4H3,(H,29,31). The minimum absolute atomic E-state index is 0.255. The maximum Gasteiger partial charge on any atom is 0.236 e. The molecule has 178 valence electrons. The van der Waals surface area contributed by atoms with Crippen molar-refractivity contribution in [2.24, 2.45) is 5.73 Å². The normalized spacial score (nSPS) is 13.5. The number of rotatable bonds is 11. The Balaban J connectivity index is 1.94. The third-order valence-corrected chi connectivity index (χ3v) is 6.74. The molecule has 3 aromatic rings. The van der Waals surface area contributed by atoms with E-state index < -0.39 is 5.41 Å². The molecular weight excluding hydrogens is 440 g/mol. The van der Waals surface area contributed by atoms with E-state index in [-0.39, 0.29) is 17.0 Å². The molecule has 0 aliphatic rings. The second-order valence-electron chi connectivity index (χ2n) is 9.35. The van der Waals surface area contributed by atoms with Crippen LogP contribution in [0.3, 0.4) is 0 Å². The van der Waals surface area contributed by atoms with E-state index in [1.165, 1.54) is 35.8 Å². The van der Waals surface area contributed by atoms with Crippen LogP contribution in [0.15, 0.2) is 48.5 Å². The van der Waals surface area contributed by atoms with Crippen LogP contribution in [0, 0.1) is 11.6 Å². The molecule has 8 heteroatoms. The van der Waals surface area contributed by atoms with Gasteiger partial charge in [0.2, 0.25) is 11.1 Å². The van der Waals surface area contributed by atoms with Crippen LogP contribution in [0.25, 0.3) is 0 Å². The number of benzene rings is 2. The molecule has 0 aliphatic heterocycles. The average Bonchev–Trinajstić information content (AvgIpc) is 3.27. The predicted octanol–water partition coefficient (Wildman–Crippen LogP) is 5.34. The van der Waals surface area contributed by atoms with Gasteiger partial charge >= 0.3 is 0 Å². The summed E-state index contributed by atoms with van der Waals surface area (Å²) in [7, 11) is 0. The molecule has 1 unspecified atom stereocenters. The van der Waals surface area contributed by atoms with Crippen molar-refractivity contribution < 1.29 is 8.78 Å². The molecule has 0 amide bonds. The smallest absolute Gasteiger partial charge is 0.236 e. The zero-order chi connectivity index (χ0) is 24.1. The summed E-state index contributed by atoms with van der Waals surface area (Å²) in [5.41, 5.74) is 7.52. The fraction of sp³-hybridized carbons (Fsp3) is 0.440. The molecule has 3 rings (SSSR count). The van der Waals surface area contributed by atoms with Crippen LogP contribution in [-0.4, -0.2) is 35.5 Å². The van der Waals surface area contributed by atoms with E-state index >= 15 is 0 Å². The SMILES string of the molecule is CCCNc1nsc(N(CC(C)(C)c2ccc(F)cc2)CC(C)(CN)c2ccc(F)cc2)n1. The Morgan fingerprint density at radius 3 is 2.06 bits per heavy atom. The molecule has 0 radical (unpaired) electrons. The van der Waals surface area contributed by atoms with Crippen molar-refractivity contribution in [1.82, 2.24) is 9.36 Å². The van der Waals surface area contributed by atoms with E-state index in [1.807, 2.05) is 12.1 Å². The first-order valence-electron chi connectivity index (χ1n) is 11.2. The molecule has 0 spiro atoms. The zero-order valence-corrected chi connectivity index (χ0v) is 20.6. The lowest BCUT2D eigenvalue weighted by molar-refractivity contribution is 0.434. The topological polar surface area (TPSA) is 67.1 Å². The van der Waals surface area contributed by atoms with Gasteiger partial charge < -0.3 is 16.0 Å². The summed E-state index contributed by atoms with van der Waals surface area (Å²) in [4.78, 5) is 6.92. The fourth-order valence-corrected chi connectivity index (χ4v) is 4.51. The van der Waals surface area contributed by atoms with Gasteiger partial charge in [0.05, 0.1) is 0 Å². The van der Waals surface area contributed by atoms with Gasteiger partial charge in [0.25, 0.3) is 0 Å². The van der Waals surface area contributed by atoms with Crippen LogP contribution < -0.4 is 16.0 Å². The van der Waals surface area contributed by atoms with E-state index in [9.17, 15) is 8.78 Å². The summed E-state index contributed by atoms with van der Waals surface area (Å²) in [6.45, 7) is 10.8. The van der Waals surface area contributed by atoms with Gasteiger partial charge in [-0.25, -0.2) is 8.78 Å². The van der Waals surface area contributed by atoms with E-state index in [0.29, 0.717) is 25.6 Å². The summed E-state index contributed by atoms with van der Waals surface area (Å²) >= 11 is 1.34. The lowest BCUT2D eigenvalue weighted by atomic mass is 9.80. The number of nitrogens with one attached hydrogen (secondary N) is 1. The molecule has 0 bridgehead atoms. The van der Waals surface area contributed by atoms with Crippen molar-refractivity contribution in [1.29, 1.82) is 0 Å². The van der Waals surface area contributed by atoms with Gasteiger partial charge in [-0.1, -0.05) is 52.0 Å². The summed E-state index contributed by atoms with van der Waals surface area (Å²) in [5, 5.41) is 4.02. The van der Waals surface area contributed by atoms with E-state index in [4.69, 9.17) is 10.7 Å². The quantitative estimate of drug-likeness (QED) is 0.394. The largest absolute Gasteiger partial charge is 0.353 e. The number of nitrogens with two attached hydrogens (primary N) is 1. The molecule has 0 fully saturated rings. The fourth-order valence-electron chi connectivity index (χ4n) is 3.86. The molecule has 0 saturated heterocycles. The highest BCUT2D eigenvalue weighted by atomic mass is 32.1. The molecule has 1 aromatic heterocycles. The second-order valence-corrected chi connectivity index (χ2v) is 10.1. The van der Waals surface area contributed by atoms with E-state index in [1.54, 1.807) is 12.1 Å². The molecular formula is C25H33F2N5S. The van der Waals surface area contributed by atoms with E-state index in [2.05, 4.69) is 42.3 Å². The number of hydrogen-bond donors (Lipinski definition) is 2. The minimum atomic E-state index is -0.435. The first-order valence-corrected chi connectivity index (χ1v) is 12.0. The molecule has 1 atom stereocenters. The number of halogens is 2. The van der Waals surface area contributed by atoms with E-state index in [0.717, 1.165) is 29.2 Å². The Hall–Kier alpha value is -2.58. The zero-order valence-electron chi connectivity index (χ0n) is 19.7. The van der Waals surface area contributed by atoms with Crippen molar-refractivity contribution in [2.75, 3.05) is 36.4 Å². The van der Waals surface area contributed by atoms with Crippen molar-refractivity contribution in [3.8, 4) is 0 Å². The molecule has 1 heterocycles. The highest BCUT2D eigenvalue weighted by molar-refractivity contribution is 7.09. The predicted molar refractivity (Wildman–Crippen MR) is 133 cm³/mol. The number of hydrogen-bond acceptors (Lipinski definition) is 6. The van der Waals surface area contributed by atoms with Crippen molar-refractivity contribution in [3.63, 3.8) is 0 Å². The number of nitrogens with zero attached hydrogens (tertiary/aromatic N) is 3. The van der Waals surface area contributed by atoms with Gasteiger partial charge in [-0.15, -0.1) is 0 Å². The molecule has 33 heavy (non-hydrogen) atoms. The van der Waals surface area contributed by atoms with Gasteiger partial charge in [-0.05, 0) is 41.8 Å². The lowest BCUT2D eigenvalue weighted by Crippen LogP contribution is -2.47. The Morgan fingerprint density at radius 2 is 1.52 bits per heavy atom. The average molecular weight is 474 g/mol. The van der Waals surface area contributed by atoms with Crippen LogP contribution in [-0.2, 0) is 10.8 Å². The van der Waals surface area contributed by atoms with Gasteiger partial charge in [0.1, 0.15) is 11.6 Å². The first kappa shape index (κ1) is 25.1. The maximum absolute atomic E-state index is 13.6. The van der Waals surface area contributed by atoms with Crippen LogP contribution >= 0.6 is 11.5 Å². The number of anilines is 2. The molecule has 2 aromatic carbocycles. The lowest BCUT2D eigenvalue weighted by Gasteiger charge is -2.39. The van der Waals surface area contributed by atoms with Crippen molar-refractivity contribution >= 4 is 22.6 Å². The van der Waals surface area contributed by atoms with Gasteiger partial charge in [0, 0.05) is 48.5 Å². The molecule has 0 aliphatic carbocycles. The Bertz CT molecular complexity index is 1020. The Labute approximate surface area is 199 Å². The van der Waals surface area contributed by atoms with Gasteiger partial charge in [-0.3, -0.25) is 0 Å². The highest BCUT2D eigenvalue weighted by Gasteiger charge is 2.33. The van der Waals surface area contributed by atoms with Crippen LogP contribution in [0.5, 0.6) is 0 Å². The summed E-state index contributed by atoms with van der Waals surface area (Å²) in [5.74, 6) is 0.0787. The third-order valence-electron chi connectivity index (χ3n) is 5.96. The van der Waals surface area contributed by atoms with Gasteiger partial charge in [-0.2, -0.15) is 9.36 Å². The Kier molecular flexibility index (Phi) is 8.02.